The van der Waals surface area contributed by atoms with E-state index in [-0.39, 0.29) is 44.2 Å². The fraction of sp³-hybridized carbons (Fsp3) is 0.375. The Balaban J connectivity index is 1.31. The molecular formula is C24H28AsN3O6S. The van der Waals surface area contributed by atoms with Crippen molar-refractivity contribution in [2.75, 3.05) is 12.4 Å². The Bertz CT molecular complexity index is 1300. The van der Waals surface area contributed by atoms with Crippen LogP contribution in [0.3, 0.4) is 0 Å². The minimum atomic E-state index is -3.99. The van der Waals surface area contributed by atoms with E-state index in [9.17, 15) is 18.0 Å². The summed E-state index contributed by atoms with van der Waals surface area (Å²) in [5.74, 6) is 0.298. The first kappa shape index (κ1) is 25.3. The van der Waals surface area contributed by atoms with E-state index >= 15 is 0 Å². The number of aromatic nitrogens is 2. The second-order valence-corrected chi connectivity index (χ2v) is 13.0. The molecular weight excluding hydrogens is 533 g/mol. The van der Waals surface area contributed by atoms with Gasteiger partial charge in [0.1, 0.15) is 0 Å². The number of esters is 1. The van der Waals surface area contributed by atoms with Crippen LogP contribution in [0.4, 0.5) is 5.95 Å². The number of amides is 1. The molecule has 1 atom stereocenters. The molecule has 1 amide bonds. The van der Waals surface area contributed by atoms with Crippen LogP contribution in [0.1, 0.15) is 38.5 Å². The first-order chi connectivity index (χ1) is 16.8. The van der Waals surface area contributed by atoms with E-state index < -0.39 is 10.1 Å². The number of benzene rings is 2. The number of fused-ring (bicyclic) bond motifs is 1. The molecule has 0 spiro atoms. The van der Waals surface area contributed by atoms with E-state index in [4.69, 9.17) is 4.18 Å². The van der Waals surface area contributed by atoms with Gasteiger partial charge in [0.05, 0.1) is 0 Å². The number of ether oxygens (including phenoxy) is 1. The maximum atomic E-state index is 12.8. The van der Waals surface area contributed by atoms with Gasteiger partial charge in [0.15, 0.2) is 0 Å². The van der Waals surface area contributed by atoms with Gasteiger partial charge in [0, 0.05) is 5.92 Å². The fourth-order valence-corrected chi connectivity index (χ4v) is 6.75. The Morgan fingerprint density at radius 1 is 1.11 bits per heavy atom. The quantitative estimate of drug-likeness (QED) is 0.151. The third-order valence-corrected chi connectivity index (χ3v) is 9.69. The number of methoxy groups -OCH3 is 1. The monoisotopic (exact) mass is 561 g/mol. The van der Waals surface area contributed by atoms with Crippen LogP contribution < -0.4 is 13.9 Å². The summed E-state index contributed by atoms with van der Waals surface area (Å²) in [6.07, 6.45) is 5.09. The molecule has 11 heteroatoms. The first-order valence-electron chi connectivity index (χ1n) is 11.5. The summed E-state index contributed by atoms with van der Waals surface area (Å²) in [6, 6.07) is 11.6. The molecule has 1 saturated carbocycles. The molecule has 1 aliphatic rings. The van der Waals surface area contributed by atoms with Gasteiger partial charge in [-0.25, -0.2) is 0 Å². The molecule has 4 rings (SSSR count). The third-order valence-electron chi connectivity index (χ3n) is 5.61. The first-order valence-corrected chi connectivity index (χ1v) is 15.4. The Hall–Kier alpha value is -2.84. The predicted octanol–water partition coefficient (Wildman–Crippen LogP) is 2.89. The molecule has 0 aliphatic heterocycles. The Kier molecular flexibility index (Phi) is 8.13. The standard InChI is InChI=1S/C24H28AsN3O6S/c1-33-22(29)5-3-2-4-14-25-17-8-11-19(12-9-17)35(31,32)34-18-10-13-20-21(15-18)27-24(26-20)28-23(30)16-6-7-16/h8-13,15-16,25H,2-7,14H2,1H3,(H2,26,27,28,30). The zero-order valence-corrected chi connectivity index (χ0v) is 22.3. The van der Waals surface area contributed by atoms with Crippen LogP contribution >= 0.6 is 0 Å². The van der Waals surface area contributed by atoms with E-state index in [0.717, 1.165) is 41.7 Å². The van der Waals surface area contributed by atoms with Crippen molar-refractivity contribution in [3.8, 4) is 5.75 Å². The molecule has 0 saturated heterocycles. The van der Waals surface area contributed by atoms with Crippen molar-refractivity contribution >= 4 is 59.1 Å². The molecule has 2 N–H and O–H groups in total. The number of anilines is 1. The zero-order chi connectivity index (χ0) is 24.8. The Labute approximate surface area is 210 Å². The molecule has 2 aromatic carbocycles. The average molecular weight is 561 g/mol. The summed E-state index contributed by atoms with van der Waals surface area (Å²) >= 11 is -0.372. The molecule has 1 heterocycles. The number of imidazole rings is 1. The van der Waals surface area contributed by atoms with Gasteiger partial charge in [-0.1, -0.05) is 0 Å². The number of carbonyl (C=O) groups excluding carboxylic acids is 2. The van der Waals surface area contributed by atoms with Gasteiger partial charge in [-0.05, 0) is 12.8 Å². The van der Waals surface area contributed by atoms with Gasteiger partial charge in [0.25, 0.3) is 0 Å². The van der Waals surface area contributed by atoms with E-state index in [1.54, 1.807) is 24.3 Å². The number of aromatic amines is 1. The van der Waals surface area contributed by atoms with Crippen molar-refractivity contribution in [1.82, 2.24) is 9.97 Å². The molecule has 3 aromatic rings. The third kappa shape index (κ3) is 7.08. The molecule has 0 bridgehead atoms. The topological polar surface area (TPSA) is 127 Å². The van der Waals surface area contributed by atoms with Crippen LogP contribution in [-0.2, 0) is 24.4 Å². The second-order valence-electron chi connectivity index (χ2n) is 8.40. The summed E-state index contributed by atoms with van der Waals surface area (Å²) in [6.45, 7) is 0. The molecule has 1 unspecified atom stereocenters. The number of rotatable bonds is 12. The van der Waals surface area contributed by atoms with Crippen molar-refractivity contribution in [3.05, 3.63) is 42.5 Å². The summed E-state index contributed by atoms with van der Waals surface area (Å²) in [4.78, 5) is 30.5. The van der Waals surface area contributed by atoms with Crippen molar-refractivity contribution < 1.29 is 26.9 Å². The SMILES string of the molecule is COC(=O)CCCCC[AsH]c1ccc(S(=O)(=O)Oc2ccc3[nH]c(NC(=O)C4CC4)nc3c2)cc1. The number of hydrogen-bond acceptors (Lipinski definition) is 7. The van der Waals surface area contributed by atoms with Gasteiger partial charge in [0.2, 0.25) is 5.91 Å². The molecule has 186 valence electrons. The Morgan fingerprint density at radius 3 is 2.60 bits per heavy atom. The summed E-state index contributed by atoms with van der Waals surface area (Å²) in [7, 11) is -2.60. The van der Waals surface area contributed by atoms with Crippen LogP contribution in [0.25, 0.3) is 11.0 Å². The molecule has 0 radical (unpaired) electrons. The van der Waals surface area contributed by atoms with Crippen molar-refractivity contribution in [1.29, 1.82) is 0 Å². The number of nitrogens with one attached hydrogen (secondary N) is 2. The Morgan fingerprint density at radius 2 is 1.89 bits per heavy atom. The van der Waals surface area contributed by atoms with Gasteiger partial charge in [-0.2, -0.15) is 0 Å². The molecule has 1 aromatic heterocycles. The number of carbonyl (C=O) groups is 2. The van der Waals surface area contributed by atoms with E-state index in [1.165, 1.54) is 13.2 Å². The van der Waals surface area contributed by atoms with Crippen LogP contribution in [0.5, 0.6) is 5.75 Å². The normalized spacial score (nSPS) is 13.9. The molecule has 1 aliphatic carbocycles. The van der Waals surface area contributed by atoms with Crippen LogP contribution in [-0.4, -0.2) is 53.1 Å². The van der Waals surface area contributed by atoms with E-state index in [1.807, 2.05) is 12.1 Å². The van der Waals surface area contributed by atoms with Crippen molar-refractivity contribution in [2.24, 2.45) is 5.92 Å². The second kappa shape index (κ2) is 11.3. The predicted molar refractivity (Wildman–Crippen MR) is 134 cm³/mol. The van der Waals surface area contributed by atoms with Crippen LogP contribution in [0.15, 0.2) is 47.4 Å². The number of nitrogens with zero attached hydrogens (tertiary/aromatic N) is 1. The van der Waals surface area contributed by atoms with Gasteiger partial charge < -0.3 is 0 Å². The maximum absolute atomic E-state index is 12.8. The number of hydrogen-bond donors (Lipinski definition) is 2. The number of H-pyrrole nitrogens is 1. The zero-order valence-electron chi connectivity index (χ0n) is 19.4. The number of unbranched alkanes of at least 4 members (excludes halogenated alkanes) is 2. The summed E-state index contributed by atoms with van der Waals surface area (Å²) in [5.41, 5.74) is 1.16. The summed E-state index contributed by atoms with van der Waals surface area (Å²) < 4.78 is 36.6. The average Bonchev–Trinajstić information content (AvgIpc) is 3.62. The van der Waals surface area contributed by atoms with E-state index in [2.05, 4.69) is 20.0 Å². The minimum absolute atomic E-state index is 0.0547. The van der Waals surface area contributed by atoms with E-state index in [0.29, 0.717) is 23.4 Å². The van der Waals surface area contributed by atoms with Gasteiger partial charge in [-0.15, -0.1) is 0 Å². The fourth-order valence-electron chi connectivity index (χ4n) is 3.48. The molecule has 9 nitrogen and oxygen atoms in total. The van der Waals surface area contributed by atoms with Crippen molar-refractivity contribution in [2.45, 2.75) is 48.6 Å². The molecule has 1 fully saturated rings. The van der Waals surface area contributed by atoms with Crippen molar-refractivity contribution in [3.63, 3.8) is 0 Å². The van der Waals surface area contributed by atoms with Crippen LogP contribution in [0, 0.1) is 5.92 Å². The van der Waals surface area contributed by atoms with Gasteiger partial charge in [-0.3, -0.25) is 4.79 Å². The van der Waals surface area contributed by atoms with Crippen LogP contribution in [0.2, 0.25) is 5.21 Å². The van der Waals surface area contributed by atoms with Gasteiger partial charge >= 0.3 is 182 Å². The summed E-state index contributed by atoms with van der Waals surface area (Å²) in [5, 5.41) is 3.82. The molecule has 35 heavy (non-hydrogen) atoms.